The van der Waals surface area contributed by atoms with Crippen LogP contribution in [0.25, 0.3) is 0 Å². The molecule has 2 atom stereocenters. The maximum Gasteiger partial charge on any atom is 0.415 e. The molecule has 18 heavy (non-hydrogen) atoms. The van der Waals surface area contributed by atoms with Gasteiger partial charge >= 0.3 is 6.18 Å². The van der Waals surface area contributed by atoms with E-state index in [0.717, 1.165) is 0 Å². The van der Waals surface area contributed by atoms with Crippen LogP contribution in [0, 0.1) is 0 Å². The van der Waals surface area contributed by atoms with E-state index >= 15 is 0 Å². The molecular formula is C10H20F3N3O2. The van der Waals surface area contributed by atoms with Crippen molar-refractivity contribution < 1.29 is 23.1 Å². The highest BCUT2D eigenvalue weighted by Crippen LogP contribution is 2.27. The third-order valence-electron chi connectivity index (χ3n) is 2.35. The van der Waals surface area contributed by atoms with Gasteiger partial charge in [-0.25, -0.2) is 0 Å². The zero-order chi connectivity index (χ0) is 14.8. The highest BCUT2D eigenvalue weighted by Gasteiger charge is 2.54. The Bertz CT molecular complexity index is 301. The number of amides is 1. The van der Waals surface area contributed by atoms with E-state index in [1.165, 1.54) is 6.92 Å². The molecule has 2 unspecified atom stereocenters. The van der Waals surface area contributed by atoms with Gasteiger partial charge in [-0.05, 0) is 27.9 Å². The Morgan fingerprint density at radius 2 is 1.78 bits per heavy atom. The van der Waals surface area contributed by atoms with Gasteiger partial charge in [0.05, 0.1) is 5.60 Å². The molecule has 0 aliphatic carbocycles. The van der Waals surface area contributed by atoms with E-state index < -0.39 is 23.2 Å². The number of likely N-dealkylation sites (N-methyl/N-ethyl adjacent to an activating group) is 1. The van der Waals surface area contributed by atoms with Crippen LogP contribution < -0.4 is 11.1 Å². The zero-order valence-electron chi connectivity index (χ0n) is 10.9. The van der Waals surface area contributed by atoms with Crippen LogP contribution in [-0.4, -0.2) is 60.4 Å². The molecule has 0 saturated carbocycles. The molecule has 0 saturated heterocycles. The number of halogens is 3. The summed E-state index contributed by atoms with van der Waals surface area (Å²) in [5, 5.41) is 11.8. The standard InChI is InChI=1S/C10H20F3N3O2/c1-8(18,6-16(3)4)5-15-7(17)9(2,14)10(11,12)13/h18H,5-6,14H2,1-4H3,(H,15,17). The van der Waals surface area contributed by atoms with Crippen LogP contribution in [0.5, 0.6) is 0 Å². The number of nitrogens with zero attached hydrogens (tertiary/aromatic N) is 1. The Kier molecular flexibility index (Phi) is 5.16. The first-order valence-electron chi connectivity index (χ1n) is 5.30. The highest BCUT2D eigenvalue weighted by atomic mass is 19.4. The Morgan fingerprint density at radius 1 is 1.33 bits per heavy atom. The monoisotopic (exact) mass is 271 g/mol. The number of alkyl halides is 3. The highest BCUT2D eigenvalue weighted by molar-refractivity contribution is 5.86. The van der Waals surface area contributed by atoms with Crippen molar-refractivity contribution in [2.75, 3.05) is 27.2 Å². The number of nitrogens with two attached hydrogens (primary N) is 1. The van der Waals surface area contributed by atoms with Gasteiger partial charge in [0.2, 0.25) is 5.91 Å². The minimum atomic E-state index is -4.84. The molecular weight excluding hydrogens is 251 g/mol. The van der Waals surface area contributed by atoms with E-state index in [1.54, 1.807) is 19.0 Å². The molecule has 0 aromatic rings. The molecule has 0 radical (unpaired) electrons. The van der Waals surface area contributed by atoms with E-state index in [4.69, 9.17) is 5.73 Å². The Labute approximate surface area is 104 Å². The molecule has 0 fully saturated rings. The number of carbonyl (C=O) groups is 1. The summed E-state index contributed by atoms with van der Waals surface area (Å²) < 4.78 is 37.4. The average molecular weight is 271 g/mol. The summed E-state index contributed by atoms with van der Waals surface area (Å²) in [7, 11) is 3.39. The van der Waals surface area contributed by atoms with Crippen LogP contribution in [0.15, 0.2) is 0 Å². The van der Waals surface area contributed by atoms with Crippen LogP contribution in [0.3, 0.4) is 0 Å². The van der Waals surface area contributed by atoms with Gasteiger partial charge in [-0.2, -0.15) is 13.2 Å². The molecule has 5 nitrogen and oxygen atoms in total. The molecule has 0 bridgehead atoms. The summed E-state index contributed by atoms with van der Waals surface area (Å²) in [6.07, 6.45) is -4.84. The van der Waals surface area contributed by atoms with Crippen LogP contribution >= 0.6 is 0 Å². The molecule has 108 valence electrons. The quantitative estimate of drug-likeness (QED) is 0.641. The first-order valence-corrected chi connectivity index (χ1v) is 5.30. The number of hydrogen-bond acceptors (Lipinski definition) is 4. The van der Waals surface area contributed by atoms with Crippen molar-refractivity contribution in [3.05, 3.63) is 0 Å². The molecule has 0 rings (SSSR count). The summed E-state index contributed by atoms with van der Waals surface area (Å²) in [5.74, 6) is -1.37. The van der Waals surface area contributed by atoms with E-state index in [0.29, 0.717) is 6.92 Å². The SMILES string of the molecule is CN(C)CC(C)(O)CNC(=O)C(C)(N)C(F)(F)F. The smallest absolute Gasteiger partial charge is 0.387 e. The first-order chi connectivity index (χ1) is 7.79. The third-order valence-corrected chi connectivity index (χ3v) is 2.35. The van der Waals surface area contributed by atoms with Crippen LogP contribution in [0.1, 0.15) is 13.8 Å². The summed E-state index contributed by atoms with van der Waals surface area (Å²) in [4.78, 5) is 13.0. The zero-order valence-corrected chi connectivity index (χ0v) is 10.9. The molecule has 0 aliphatic heterocycles. The lowest BCUT2D eigenvalue weighted by Crippen LogP contribution is -2.63. The van der Waals surface area contributed by atoms with Gasteiger partial charge in [0.25, 0.3) is 0 Å². The average Bonchev–Trinajstić information content (AvgIpc) is 2.10. The molecule has 0 aromatic carbocycles. The van der Waals surface area contributed by atoms with Gasteiger partial charge in [0.1, 0.15) is 0 Å². The summed E-state index contributed by atoms with van der Waals surface area (Å²) >= 11 is 0. The molecule has 1 amide bonds. The number of rotatable bonds is 5. The van der Waals surface area contributed by atoms with Crippen molar-refractivity contribution in [2.45, 2.75) is 31.2 Å². The minimum absolute atomic E-state index is 0.195. The molecule has 8 heteroatoms. The lowest BCUT2D eigenvalue weighted by Gasteiger charge is -2.30. The van der Waals surface area contributed by atoms with Gasteiger partial charge < -0.3 is 21.1 Å². The van der Waals surface area contributed by atoms with Gasteiger partial charge in [-0.1, -0.05) is 0 Å². The second-order valence-corrected chi connectivity index (χ2v) is 5.12. The first kappa shape index (κ1) is 17.1. The van der Waals surface area contributed by atoms with E-state index in [2.05, 4.69) is 0 Å². The van der Waals surface area contributed by atoms with E-state index in [1.807, 2.05) is 5.32 Å². The lowest BCUT2D eigenvalue weighted by molar-refractivity contribution is -0.187. The van der Waals surface area contributed by atoms with Gasteiger partial charge in [0.15, 0.2) is 5.54 Å². The van der Waals surface area contributed by atoms with Crippen molar-refractivity contribution in [3.63, 3.8) is 0 Å². The molecule has 4 N–H and O–H groups in total. The van der Waals surface area contributed by atoms with Crippen molar-refractivity contribution in [2.24, 2.45) is 5.73 Å². The Hall–Kier alpha value is -0.860. The van der Waals surface area contributed by atoms with Crippen molar-refractivity contribution in [1.29, 1.82) is 0 Å². The fourth-order valence-corrected chi connectivity index (χ4v) is 1.32. The summed E-state index contributed by atoms with van der Waals surface area (Å²) in [5.41, 5.74) is 0.635. The number of aliphatic hydroxyl groups is 1. The van der Waals surface area contributed by atoms with Gasteiger partial charge in [0, 0.05) is 13.1 Å². The molecule has 0 heterocycles. The second-order valence-electron chi connectivity index (χ2n) is 5.12. The molecule has 0 aliphatic rings. The van der Waals surface area contributed by atoms with E-state index in [9.17, 15) is 23.1 Å². The Morgan fingerprint density at radius 3 is 2.11 bits per heavy atom. The lowest BCUT2D eigenvalue weighted by atomic mass is 10.0. The largest absolute Gasteiger partial charge is 0.415 e. The summed E-state index contributed by atoms with van der Waals surface area (Å²) in [6, 6.07) is 0. The minimum Gasteiger partial charge on any atom is -0.387 e. The number of hydrogen-bond donors (Lipinski definition) is 3. The van der Waals surface area contributed by atoms with Gasteiger partial charge in [-0.15, -0.1) is 0 Å². The molecule has 0 spiro atoms. The fourth-order valence-electron chi connectivity index (χ4n) is 1.32. The topological polar surface area (TPSA) is 78.6 Å². The predicted molar refractivity (Wildman–Crippen MR) is 60.8 cm³/mol. The van der Waals surface area contributed by atoms with Crippen molar-refractivity contribution >= 4 is 5.91 Å². The number of carbonyl (C=O) groups excluding carboxylic acids is 1. The van der Waals surface area contributed by atoms with Gasteiger partial charge in [-0.3, -0.25) is 4.79 Å². The Balaban J connectivity index is 4.52. The fraction of sp³-hybridized carbons (Fsp3) is 0.900. The summed E-state index contributed by atoms with van der Waals surface area (Å²) in [6.45, 7) is 1.88. The molecule has 0 aromatic heterocycles. The third kappa shape index (κ3) is 4.79. The van der Waals surface area contributed by atoms with E-state index in [-0.39, 0.29) is 13.1 Å². The number of nitrogens with one attached hydrogen (secondary N) is 1. The van der Waals surface area contributed by atoms with Crippen LogP contribution in [0.4, 0.5) is 13.2 Å². The normalized spacial score (nSPS) is 19.2. The van der Waals surface area contributed by atoms with Crippen LogP contribution in [-0.2, 0) is 4.79 Å². The predicted octanol–water partition coefficient (Wildman–Crippen LogP) is -0.305. The van der Waals surface area contributed by atoms with Crippen LogP contribution in [0.2, 0.25) is 0 Å². The maximum absolute atomic E-state index is 12.5. The maximum atomic E-state index is 12.5. The van der Waals surface area contributed by atoms with Crippen molar-refractivity contribution in [1.82, 2.24) is 10.2 Å². The second kappa shape index (κ2) is 5.41. The van der Waals surface area contributed by atoms with Crippen molar-refractivity contribution in [3.8, 4) is 0 Å².